The number of nitro groups is 3. The van der Waals surface area contributed by atoms with Crippen molar-refractivity contribution in [2.24, 2.45) is 0 Å². The van der Waals surface area contributed by atoms with E-state index in [-0.39, 0.29) is 16.0 Å². The van der Waals surface area contributed by atoms with Crippen LogP contribution in [0.5, 0.6) is 0 Å². The van der Waals surface area contributed by atoms with Crippen molar-refractivity contribution in [3.63, 3.8) is 0 Å². The Kier molecular flexibility index (Phi) is 2.63. The molecular formula is C6H3N7O6. The van der Waals surface area contributed by atoms with Crippen LogP contribution in [0.2, 0.25) is 0 Å². The molecular weight excluding hydrogens is 266 g/mol. The van der Waals surface area contributed by atoms with Gasteiger partial charge in [-0.05, 0) is 0 Å². The van der Waals surface area contributed by atoms with Gasteiger partial charge in [0.25, 0.3) is 5.69 Å². The molecule has 13 nitrogen and oxygen atoms in total. The third-order valence-electron chi connectivity index (χ3n) is 2.06. The van der Waals surface area contributed by atoms with Crippen LogP contribution >= 0.6 is 0 Å². The summed E-state index contributed by atoms with van der Waals surface area (Å²) in [7, 11) is 0. The number of nitrogens with zero attached hydrogens (tertiary/aromatic N) is 7. The summed E-state index contributed by atoms with van der Waals surface area (Å²) >= 11 is 0. The molecule has 0 aliphatic heterocycles. The van der Waals surface area contributed by atoms with E-state index in [9.17, 15) is 30.3 Å². The maximum atomic E-state index is 10.7. The van der Waals surface area contributed by atoms with E-state index >= 15 is 0 Å². The highest BCUT2D eigenvalue weighted by Crippen LogP contribution is 2.27. The monoisotopic (exact) mass is 269 g/mol. The molecule has 0 aliphatic carbocycles. The first-order chi connectivity index (χ1) is 8.90. The number of rotatable bonds is 4. The second kappa shape index (κ2) is 4.13. The van der Waals surface area contributed by atoms with Gasteiger partial charge in [-0.3, -0.25) is 10.1 Å². The molecule has 0 spiro atoms. The summed E-state index contributed by atoms with van der Waals surface area (Å²) in [6, 6.07) is 0. The molecule has 0 bridgehead atoms. The molecule has 19 heavy (non-hydrogen) atoms. The van der Waals surface area contributed by atoms with Crippen molar-refractivity contribution in [3.05, 3.63) is 48.9 Å². The van der Waals surface area contributed by atoms with E-state index in [4.69, 9.17) is 0 Å². The van der Waals surface area contributed by atoms with Gasteiger partial charge in [0.15, 0.2) is 12.4 Å². The van der Waals surface area contributed by atoms with E-state index in [1.807, 2.05) is 0 Å². The Morgan fingerprint density at radius 1 is 1.00 bits per heavy atom. The topological polar surface area (TPSA) is 165 Å². The summed E-state index contributed by atoms with van der Waals surface area (Å²) in [5.74, 6) is 0. The number of hydrogen-bond acceptors (Lipinski definition) is 8. The van der Waals surface area contributed by atoms with Crippen molar-refractivity contribution in [1.82, 2.24) is 19.8 Å². The molecule has 2 aromatic rings. The largest absolute Gasteiger partial charge is 0.347 e. The minimum Gasteiger partial charge on any atom is -0.339 e. The number of aromatic nitrogens is 4. The molecule has 0 aliphatic rings. The predicted octanol–water partition coefficient (Wildman–Crippen LogP) is -0.266. The van der Waals surface area contributed by atoms with Gasteiger partial charge >= 0.3 is 5.69 Å². The zero-order chi connectivity index (χ0) is 14.2. The van der Waals surface area contributed by atoms with Crippen molar-refractivity contribution in [2.45, 2.75) is 0 Å². The first kappa shape index (κ1) is 12.1. The molecule has 0 atom stereocenters. The fraction of sp³-hybridized carbons (Fsp3) is 0. The van der Waals surface area contributed by atoms with Gasteiger partial charge in [-0.25, -0.2) is 0 Å². The lowest BCUT2D eigenvalue weighted by molar-refractivity contribution is -0.553. The Bertz CT molecular complexity index is 686. The molecule has 0 saturated carbocycles. The van der Waals surface area contributed by atoms with Gasteiger partial charge in [-0.2, -0.15) is 0 Å². The molecule has 0 N–H and O–H groups in total. The molecule has 0 unspecified atom stereocenters. The highest BCUT2D eigenvalue weighted by molar-refractivity contribution is 5.67. The van der Waals surface area contributed by atoms with Crippen LogP contribution in [0.3, 0.4) is 0 Å². The molecule has 0 saturated heterocycles. The molecule has 0 amide bonds. The SMILES string of the molecule is O=[N+]([O-])c1cn([N+](=O)[O-])nc1-c1cnn([N+](=O)[O-])c1. The Balaban J connectivity index is 2.56. The van der Waals surface area contributed by atoms with Crippen molar-refractivity contribution in [2.75, 3.05) is 0 Å². The van der Waals surface area contributed by atoms with E-state index < -0.39 is 20.7 Å². The van der Waals surface area contributed by atoms with Gasteiger partial charge in [0.05, 0.1) is 20.1 Å². The Morgan fingerprint density at radius 2 is 1.63 bits per heavy atom. The lowest BCUT2D eigenvalue weighted by atomic mass is 10.2. The van der Waals surface area contributed by atoms with E-state index in [2.05, 4.69) is 10.2 Å². The summed E-state index contributed by atoms with van der Waals surface area (Å²) in [5.41, 5.74) is -1.11. The van der Waals surface area contributed by atoms with Crippen molar-refractivity contribution in [1.29, 1.82) is 0 Å². The summed E-state index contributed by atoms with van der Waals surface area (Å²) < 4.78 is 0. The molecule has 0 fully saturated rings. The van der Waals surface area contributed by atoms with Crippen LogP contribution in [-0.4, -0.2) is 34.8 Å². The van der Waals surface area contributed by atoms with Crippen molar-refractivity contribution < 1.29 is 15.0 Å². The van der Waals surface area contributed by atoms with Crippen LogP contribution in [0.4, 0.5) is 5.69 Å². The van der Waals surface area contributed by atoms with Gasteiger partial charge < -0.3 is 20.2 Å². The fourth-order valence-corrected chi connectivity index (χ4v) is 1.30. The Labute approximate surface area is 102 Å². The highest BCUT2D eigenvalue weighted by atomic mass is 16.7. The van der Waals surface area contributed by atoms with Crippen molar-refractivity contribution >= 4 is 5.69 Å². The Hall–Kier alpha value is -3.38. The van der Waals surface area contributed by atoms with Crippen LogP contribution in [0.15, 0.2) is 18.6 Å². The smallest absolute Gasteiger partial charge is 0.339 e. The first-order valence-corrected chi connectivity index (χ1v) is 4.48. The average Bonchev–Trinajstić information content (AvgIpc) is 2.95. The van der Waals surface area contributed by atoms with E-state index in [0.717, 1.165) is 12.4 Å². The first-order valence-electron chi connectivity index (χ1n) is 4.48. The van der Waals surface area contributed by atoms with E-state index in [1.165, 1.54) is 0 Å². The molecule has 2 aromatic heterocycles. The zero-order valence-electron chi connectivity index (χ0n) is 8.81. The molecule has 2 heterocycles. The van der Waals surface area contributed by atoms with E-state index in [1.54, 1.807) is 0 Å². The standard InChI is InChI=1S/C6H3N7O6/c14-11(15)5-3-10(13(18)19)8-6(5)4-1-7-9(2-4)12(16)17/h1-3H. The number of hydrogen-bond donors (Lipinski definition) is 0. The summed E-state index contributed by atoms with van der Waals surface area (Å²) in [5, 5.41) is 36.5. The third-order valence-corrected chi connectivity index (χ3v) is 2.06. The summed E-state index contributed by atoms with van der Waals surface area (Å²) in [4.78, 5) is 31.2. The van der Waals surface area contributed by atoms with Crippen LogP contribution in [0, 0.1) is 30.3 Å². The van der Waals surface area contributed by atoms with Gasteiger partial charge in [0, 0.05) is 14.7 Å². The molecule has 13 heteroatoms. The van der Waals surface area contributed by atoms with Crippen LogP contribution in [0.25, 0.3) is 11.3 Å². The predicted molar refractivity (Wildman–Crippen MR) is 54.9 cm³/mol. The lowest BCUT2D eigenvalue weighted by Gasteiger charge is -1.87. The van der Waals surface area contributed by atoms with Gasteiger partial charge in [-0.1, -0.05) is 0 Å². The maximum Gasteiger partial charge on any atom is 0.347 e. The third kappa shape index (κ3) is 2.06. The molecule has 0 aromatic carbocycles. The molecule has 2 rings (SSSR count). The quantitative estimate of drug-likeness (QED) is 0.540. The lowest BCUT2D eigenvalue weighted by Crippen LogP contribution is -2.08. The van der Waals surface area contributed by atoms with Crippen LogP contribution in [0.1, 0.15) is 0 Å². The highest BCUT2D eigenvalue weighted by Gasteiger charge is 2.31. The second-order valence-corrected chi connectivity index (χ2v) is 3.17. The second-order valence-electron chi connectivity index (χ2n) is 3.17. The van der Waals surface area contributed by atoms with Gasteiger partial charge in [0.2, 0.25) is 0 Å². The average molecular weight is 269 g/mol. The normalized spacial score (nSPS) is 10.3. The molecule has 98 valence electrons. The summed E-state index contributed by atoms with van der Waals surface area (Å²) in [6.45, 7) is 0. The zero-order valence-corrected chi connectivity index (χ0v) is 8.81. The van der Waals surface area contributed by atoms with Crippen LogP contribution in [-0.2, 0) is 0 Å². The molecule has 0 radical (unpaired) electrons. The summed E-state index contributed by atoms with van der Waals surface area (Å²) in [6.07, 6.45) is 2.40. The maximum absolute atomic E-state index is 10.7. The minimum atomic E-state index is -0.978. The van der Waals surface area contributed by atoms with Gasteiger partial charge in [-0.15, -0.1) is 0 Å². The fourth-order valence-electron chi connectivity index (χ4n) is 1.30. The minimum absolute atomic E-state index is 0.0796. The van der Waals surface area contributed by atoms with Crippen LogP contribution < -0.4 is 0 Å². The van der Waals surface area contributed by atoms with E-state index in [0.29, 0.717) is 11.0 Å². The van der Waals surface area contributed by atoms with Gasteiger partial charge in [0.1, 0.15) is 11.8 Å². The Morgan fingerprint density at radius 3 is 2.11 bits per heavy atom. The van der Waals surface area contributed by atoms with Crippen molar-refractivity contribution in [3.8, 4) is 11.3 Å².